The van der Waals surface area contributed by atoms with E-state index < -0.39 is 24.4 Å². The number of hydrogen-bond donors (Lipinski definition) is 2. The summed E-state index contributed by atoms with van der Waals surface area (Å²) < 4.78 is 7.14. The fourth-order valence-electron chi connectivity index (χ4n) is 1.43. The van der Waals surface area contributed by atoms with Crippen molar-refractivity contribution in [3.05, 3.63) is 0 Å². The van der Waals surface area contributed by atoms with Crippen molar-refractivity contribution in [2.24, 2.45) is 0 Å². The van der Waals surface area contributed by atoms with Gasteiger partial charge in [0.1, 0.15) is 6.42 Å². The summed E-state index contributed by atoms with van der Waals surface area (Å²) in [5.41, 5.74) is 0. The van der Waals surface area contributed by atoms with E-state index in [1.807, 2.05) is 0 Å². The highest BCUT2D eigenvalue weighted by atomic mass is 16.4. The first-order chi connectivity index (χ1) is 6.54. The zero-order chi connectivity index (χ0) is 10.7. The van der Waals surface area contributed by atoms with Crippen molar-refractivity contribution in [2.75, 3.05) is 6.54 Å². The van der Waals surface area contributed by atoms with E-state index in [-0.39, 0.29) is 19.5 Å². The van der Waals surface area contributed by atoms with Crippen molar-refractivity contribution >= 4 is 11.9 Å². The molecule has 0 aromatic carbocycles. The molecule has 0 aromatic rings. The number of hydrogen-bond acceptors (Lipinski definition) is 3. The van der Waals surface area contributed by atoms with Crippen molar-refractivity contribution in [3.8, 4) is 0 Å². The summed E-state index contributed by atoms with van der Waals surface area (Å²) in [6, 6.07) is -0.336. The minimum absolute atomic E-state index is 0.00240. The first-order valence-corrected chi connectivity index (χ1v) is 4.03. The molecular weight excluding hydrogens is 174 g/mol. The fourth-order valence-corrected chi connectivity index (χ4v) is 1.43. The number of carbonyl (C=O) groups is 2. The van der Waals surface area contributed by atoms with Crippen LogP contribution in [0.3, 0.4) is 0 Å². The third-order valence-corrected chi connectivity index (χ3v) is 2.02. The molecule has 1 aliphatic heterocycles. The Morgan fingerprint density at radius 1 is 1.69 bits per heavy atom. The van der Waals surface area contributed by atoms with Crippen LogP contribution in [0.5, 0.6) is 0 Å². The zero-order valence-corrected chi connectivity index (χ0v) is 7.14. The second-order valence-corrected chi connectivity index (χ2v) is 3.16. The van der Waals surface area contributed by atoms with Crippen LogP contribution in [-0.2, 0) is 9.59 Å². The van der Waals surface area contributed by atoms with Gasteiger partial charge in [-0.2, -0.15) is 0 Å². The van der Waals surface area contributed by atoms with Gasteiger partial charge in [-0.05, 0) is 13.3 Å². The van der Waals surface area contributed by atoms with E-state index in [0.29, 0.717) is 6.42 Å². The summed E-state index contributed by atoms with van der Waals surface area (Å²) in [4.78, 5) is 22.9. The van der Waals surface area contributed by atoms with Crippen molar-refractivity contribution in [3.63, 3.8) is 0 Å². The average molecular weight is 188 g/mol. The second kappa shape index (κ2) is 3.74. The van der Waals surface area contributed by atoms with Crippen LogP contribution in [-0.4, -0.2) is 45.7 Å². The van der Waals surface area contributed by atoms with Gasteiger partial charge in [0.25, 0.3) is 0 Å². The smallest absolute Gasteiger partial charge is 0.312 e. The predicted octanol–water partition coefficient (Wildman–Crippen LogP) is -0.557. The van der Waals surface area contributed by atoms with Gasteiger partial charge in [0.05, 0.1) is 6.10 Å². The maximum absolute atomic E-state index is 11.3. The minimum Gasteiger partial charge on any atom is -0.481 e. The molecule has 0 aliphatic carbocycles. The molecule has 0 radical (unpaired) electrons. The summed E-state index contributed by atoms with van der Waals surface area (Å²) >= 11 is 0. The topological polar surface area (TPSA) is 77.8 Å². The molecule has 0 aromatic heterocycles. The van der Waals surface area contributed by atoms with Crippen LogP contribution >= 0.6 is 0 Å². The lowest BCUT2D eigenvalue weighted by Crippen LogP contribution is -2.35. The van der Waals surface area contributed by atoms with E-state index in [2.05, 4.69) is 0 Å². The molecule has 1 aliphatic rings. The lowest BCUT2D eigenvalue weighted by Gasteiger charge is -2.19. The number of carboxylic acids is 1. The summed E-state index contributed by atoms with van der Waals surface area (Å²) in [5.74, 6) is -1.70. The molecule has 0 bridgehead atoms. The lowest BCUT2D eigenvalue weighted by molar-refractivity contribution is -0.144. The number of aliphatic carboxylic acids is 1. The lowest BCUT2D eigenvalue weighted by atomic mass is 10.2. The van der Waals surface area contributed by atoms with Crippen LogP contribution in [0.15, 0.2) is 0 Å². The number of carbonyl (C=O) groups excluding carboxylic acids is 1. The number of aliphatic hydroxyl groups is 1. The SMILES string of the molecule is [2H]C[C@@H]1C[C@@H](O)CN1C(=O)CC(=O)O. The van der Waals surface area contributed by atoms with E-state index in [0.717, 1.165) is 0 Å². The number of amides is 1. The summed E-state index contributed by atoms with van der Waals surface area (Å²) in [7, 11) is 0. The third-order valence-electron chi connectivity index (χ3n) is 2.02. The highest BCUT2D eigenvalue weighted by molar-refractivity contribution is 5.93. The van der Waals surface area contributed by atoms with Crippen LogP contribution in [0.2, 0.25) is 0 Å². The Balaban J connectivity index is 2.57. The Hall–Kier alpha value is -1.10. The summed E-state index contributed by atoms with van der Waals surface area (Å²) in [6.07, 6.45) is -0.818. The van der Waals surface area contributed by atoms with Crippen LogP contribution in [0.4, 0.5) is 0 Å². The zero-order valence-electron chi connectivity index (χ0n) is 8.14. The van der Waals surface area contributed by atoms with Gasteiger partial charge in [-0.1, -0.05) is 0 Å². The van der Waals surface area contributed by atoms with Gasteiger partial charge in [-0.3, -0.25) is 9.59 Å². The molecule has 5 heteroatoms. The van der Waals surface area contributed by atoms with Gasteiger partial charge in [-0.25, -0.2) is 0 Å². The number of carboxylic acid groups (broad SMARTS) is 1. The Bertz CT molecular complexity index is 245. The van der Waals surface area contributed by atoms with Crippen molar-refractivity contribution in [1.82, 2.24) is 4.90 Å². The van der Waals surface area contributed by atoms with Crippen molar-refractivity contribution in [1.29, 1.82) is 0 Å². The monoisotopic (exact) mass is 188 g/mol. The van der Waals surface area contributed by atoms with Gasteiger partial charge >= 0.3 is 5.97 Å². The van der Waals surface area contributed by atoms with Crippen LogP contribution in [0.25, 0.3) is 0 Å². The highest BCUT2D eigenvalue weighted by Gasteiger charge is 2.31. The standard InChI is InChI=1S/C8H13NO4/c1-5-2-6(10)4-9(5)7(11)3-8(12)13/h5-6,10H,2-4H2,1H3,(H,12,13)/t5-,6-/m1/s1/i1D. The molecular formula is C8H13NO4. The van der Waals surface area contributed by atoms with Gasteiger partial charge in [0.15, 0.2) is 0 Å². The average Bonchev–Trinajstić information content (AvgIpc) is 2.45. The van der Waals surface area contributed by atoms with E-state index in [1.54, 1.807) is 0 Å². The molecule has 1 amide bonds. The number of nitrogens with zero attached hydrogens (tertiary/aromatic N) is 1. The number of aliphatic hydroxyl groups excluding tert-OH is 1. The maximum Gasteiger partial charge on any atom is 0.312 e. The highest BCUT2D eigenvalue weighted by Crippen LogP contribution is 2.17. The Morgan fingerprint density at radius 3 is 2.92 bits per heavy atom. The molecule has 2 atom stereocenters. The molecule has 1 heterocycles. The minimum atomic E-state index is -1.18. The van der Waals surface area contributed by atoms with Gasteiger partial charge < -0.3 is 15.1 Å². The Labute approximate surface area is 77.4 Å². The van der Waals surface area contributed by atoms with Crippen LogP contribution in [0, 0.1) is 0 Å². The largest absolute Gasteiger partial charge is 0.481 e. The molecule has 74 valence electrons. The fraction of sp³-hybridized carbons (Fsp3) is 0.750. The van der Waals surface area contributed by atoms with Crippen LogP contribution in [0.1, 0.15) is 21.1 Å². The van der Waals surface area contributed by atoms with E-state index in [1.165, 1.54) is 4.90 Å². The van der Waals surface area contributed by atoms with E-state index >= 15 is 0 Å². The summed E-state index contributed by atoms with van der Waals surface area (Å²) in [5, 5.41) is 17.7. The third kappa shape index (κ3) is 2.42. The molecule has 5 nitrogen and oxygen atoms in total. The van der Waals surface area contributed by atoms with Gasteiger partial charge in [0.2, 0.25) is 5.91 Å². The summed E-state index contributed by atoms with van der Waals surface area (Å²) in [6.45, 7) is 0.151. The first-order valence-electron chi connectivity index (χ1n) is 4.74. The number of rotatable bonds is 2. The first kappa shape index (κ1) is 8.50. The second-order valence-electron chi connectivity index (χ2n) is 3.16. The molecule has 13 heavy (non-hydrogen) atoms. The maximum atomic E-state index is 11.3. The number of likely N-dealkylation sites (tertiary alicyclic amines) is 1. The van der Waals surface area contributed by atoms with Crippen molar-refractivity contribution in [2.45, 2.75) is 31.9 Å². The van der Waals surface area contributed by atoms with Crippen molar-refractivity contribution < 1.29 is 21.2 Å². The molecule has 0 spiro atoms. The molecule has 0 saturated carbocycles. The van der Waals surface area contributed by atoms with E-state index in [9.17, 15) is 14.7 Å². The normalized spacial score (nSPS) is 28.7. The van der Waals surface area contributed by atoms with Crippen LogP contribution < -0.4 is 0 Å². The Kier molecular flexibility index (Phi) is 2.44. The van der Waals surface area contributed by atoms with Gasteiger partial charge in [-0.15, -0.1) is 0 Å². The Morgan fingerprint density at radius 2 is 2.38 bits per heavy atom. The number of β-amino-alcohol motifs (C(OH)–C–C–N with tert-alkyl or cyclic N) is 1. The molecule has 1 saturated heterocycles. The molecule has 0 unspecified atom stereocenters. The molecule has 1 fully saturated rings. The van der Waals surface area contributed by atoms with Gasteiger partial charge in [0, 0.05) is 14.0 Å². The molecule has 1 rings (SSSR count). The van der Waals surface area contributed by atoms with E-state index in [4.69, 9.17) is 6.48 Å². The predicted molar refractivity (Wildman–Crippen MR) is 44.1 cm³/mol. The molecule has 2 N–H and O–H groups in total. The quantitative estimate of drug-likeness (QED) is 0.569.